The van der Waals surface area contributed by atoms with Gasteiger partial charge in [0.15, 0.2) is 0 Å². The van der Waals surface area contributed by atoms with Gasteiger partial charge in [0.1, 0.15) is 0 Å². The average molecular weight is 302 g/mol. The molecular weight excluding hydrogens is 262 g/mol. The summed E-state index contributed by atoms with van der Waals surface area (Å²) in [7, 11) is 1.33. The lowest BCUT2D eigenvalue weighted by Crippen LogP contribution is -2.14. The summed E-state index contributed by atoms with van der Waals surface area (Å²) in [6, 6.07) is 0. The van der Waals surface area contributed by atoms with E-state index in [1.54, 1.807) is 0 Å². The zero-order valence-electron chi connectivity index (χ0n) is 13.8. The van der Waals surface area contributed by atoms with Crippen LogP contribution in [-0.2, 0) is 0 Å². The Labute approximate surface area is 129 Å². The fourth-order valence-electron chi connectivity index (χ4n) is 2.99. The second-order valence-electron chi connectivity index (χ2n) is 6.61. The molecule has 0 saturated heterocycles. The maximum atomic E-state index is 5.59. The predicted octanol–water partition coefficient (Wildman–Crippen LogP) is 2.07. The van der Waals surface area contributed by atoms with Crippen molar-refractivity contribution in [2.24, 2.45) is 17.2 Å². The van der Waals surface area contributed by atoms with Crippen molar-refractivity contribution in [1.82, 2.24) is 0 Å². The van der Waals surface area contributed by atoms with Crippen LogP contribution in [0.5, 0.6) is 0 Å². The molecule has 0 radical (unpaired) electrons. The molecule has 0 atom stereocenters. The molecule has 20 heavy (non-hydrogen) atoms. The molecule has 0 unspecified atom stereocenters. The molecule has 4 heteroatoms. The number of hydrogen-bond acceptors (Lipinski definition) is 3. The number of unbranched alkanes of at least 4 members (excludes halogenated alkanes) is 6. The second-order valence-corrected chi connectivity index (χ2v) is 8.73. The van der Waals surface area contributed by atoms with E-state index in [1.165, 1.54) is 87.3 Å². The minimum Gasteiger partial charge on any atom is -0.330 e. The normalized spacial score (nSPS) is 12.2. The molecule has 122 valence electrons. The monoisotopic (exact) mass is 301 g/mol. The zero-order valence-corrected chi connectivity index (χ0v) is 15.8. The lowest BCUT2D eigenvalue weighted by molar-refractivity contribution is 0.391. The molecule has 0 aliphatic rings. The standard InChI is InChI=1S/C16H39N3Si/c17-13-7-1-4-10-16(20,11-5-2-8-14-18)12-6-3-9-15-19/h1-15,17-19H2,20H3. The molecule has 0 saturated carbocycles. The highest BCUT2D eigenvalue weighted by Crippen LogP contribution is 2.40. The highest BCUT2D eigenvalue weighted by Gasteiger charge is 2.22. The van der Waals surface area contributed by atoms with E-state index in [4.69, 9.17) is 17.2 Å². The Morgan fingerprint density at radius 3 is 1.05 bits per heavy atom. The van der Waals surface area contributed by atoms with Crippen molar-refractivity contribution in [2.75, 3.05) is 19.6 Å². The van der Waals surface area contributed by atoms with Gasteiger partial charge < -0.3 is 17.2 Å². The van der Waals surface area contributed by atoms with Crippen LogP contribution in [0.1, 0.15) is 77.0 Å². The highest BCUT2D eigenvalue weighted by atomic mass is 28.1. The van der Waals surface area contributed by atoms with Crippen molar-refractivity contribution in [3.63, 3.8) is 0 Å². The molecule has 0 aromatic heterocycles. The lowest BCUT2D eigenvalue weighted by Gasteiger charge is -2.30. The summed E-state index contributed by atoms with van der Waals surface area (Å²) in [5, 5.41) is 0.664. The van der Waals surface area contributed by atoms with E-state index in [0.29, 0.717) is 5.04 Å². The minimum atomic E-state index is 0.664. The van der Waals surface area contributed by atoms with Gasteiger partial charge in [-0.15, -0.1) is 0 Å². The molecule has 0 aromatic carbocycles. The molecule has 0 aliphatic carbocycles. The molecule has 0 rings (SSSR count). The third-order valence-electron chi connectivity index (χ3n) is 4.45. The summed E-state index contributed by atoms with van der Waals surface area (Å²) in [6.45, 7) is 2.55. The number of nitrogens with two attached hydrogens (primary N) is 3. The van der Waals surface area contributed by atoms with E-state index in [-0.39, 0.29) is 0 Å². The Morgan fingerprint density at radius 1 is 0.500 bits per heavy atom. The van der Waals surface area contributed by atoms with Crippen LogP contribution in [-0.4, -0.2) is 29.9 Å². The third-order valence-corrected chi connectivity index (χ3v) is 5.95. The van der Waals surface area contributed by atoms with E-state index >= 15 is 0 Å². The van der Waals surface area contributed by atoms with E-state index < -0.39 is 0 Å². The first-order valence-electron chi connectivity index (χ1n) is 8.79. The molecule has 3 nitrogen and oxygen atoms in total. The predicted molar refractivity (Wildman–Crippen MR) is 95.2 cm³/mol. The topological polar surface area (TPSA) is 78.1 Å². The van der Waals surface area contributed by atoms with Crippen molar-refractivity contribution >= 4 is 10.2 Å². The van der Waals surface area contributed by atoms with Gasteiger partial charge in [-0.1, -0.05) is 57.8 Å². The van der Waals surface area contributed by atoms with Crippen LogP contribution in [0.25, 0.3) is 0 Å². The summed E-state index contributed by atoms with van der Waals surface area (Å²) in [5.74, 6) is 0. The van der Waals surface area contributed by atoms with Gasteiger partial charge in [0.2, 0.25) is 0 Å². The SMILES string of the molecule is NCCCCCC([SiH3])(CCCCCN)CCCCCN. The van der Waals surface area contributed by atoms with E-state index in [2.05, 4.69) is 0 Å². The summed E-state index contributed by atoms with van der Waals surface area (Å²) in [4.78, 5) is 0. The maximum Gasteiger partial charge on any atom is 0.0106 e. The van der Waals surface area contributed by atoms with Crippen LogP contribution in [0.3, 0.4) is 0 Å². The van der Waals surface area contributed by atoms with Crippen molar-refractivity contribution < 1.29 is 0 Å². The van der Waals surface area contributed by atoms with Crippen molar-refractivity contribution in [3.8, 4) is 0 Å². The molecule has 0 aromatic rings. The van der Waals surface area contributed by atoms with Crippen molar-refractivity contribution in [1.29, 1.82) is 0 Å². The lowest BCUT2D eigenvalue weighted by atomic mass is 9.88. The summed E-state index contributed by atoms with van der Waals surface area (Å²) >= 11 is 0. The van der Waals surface area contributed by atoms with Gasteiger partial charge in [0.05, 0.1) is 0 Å². The van der Waals surface area contributed by atoms with Crippen LogP contribution in [0, 0.1) is 0 Å². The first-order chi connectivity index (χ1) is 9.68. The first-order valence-corrected chi connectivity index (χ1v) is 9.79. The maximum absolute atomic E-state index is 5.59. The zero-order chi connectivity index (χ0) is 15.1. The highest BCUT2D eigenvalue weighted by molar-refractivity contribution is 6.15. The number of hydrogen-bond donors (Lipinski definition) is 3. The molecular formula is C16H39N3Si. The quantitative estimate of drug-likeness (QED) is 0.320. The molecule has 0 amide bonds. The van der Waals surface area contributed by atoms with Gasteiger partial charge in [0.25, 0.3) is 0 Å². The van der Waals surface area contributed by atoms with Crippen LogP contribution in [0.15, 0.2) is 0 Å². The fraction of sp³-hybridized carbons (Fsp3) is 1.00. The van der Waals surface area contributed by atoms with Crippen LogP contribution in [0.4, 0.5) is 0 Å². The van der Waals surface area contributed by atoms with E-state index in [9.17, 15) is 0 Å². The smallest absolute Gasteiger partial charge is 0.0106 e. The van der Waals surface area contributed by atoms with Gasteiger partial charge in [-0.25, -0.2) is 0 Å². The first kappa shape index (κ1) is 20.1. The van der Waals surface area contributed by atoms with E-state index in [0.717, 1.165) is 19.6 Å². The van der Waals surface area contributed by atoms with Gasteiger partial charge >= 0.3 is 0 Å². The summed E-state index contributed by atoms with van der Waals surface area (Å²) < 4.78 is 0. The fourth-order valence-corrected chi connectivity index (χ4v) is 4.05. The van der Waals surface area contributed by atoms with Gasteiger partial charge in [0, 0.05) is 10.2 Å². The molecule has 0 fully saturated rings. The molecule has 0 spiro atoms. The Bertz CT molecular complexity index is 169. The van der Waals surface area contributed by atoms with Gasteiger partial charge in [-0.05, 0) is 43.9 Å². The van der Waals surface area contributed by atoms with Crippen LogP contribution < -0.4 is 17.2 Å². The van der Waals surface area contributed by atoms with E-state index in [1.807, 2.05) is 0 Å². The summed E-state index contributed by atoms with van der Waals surface area (Å²) in [5.41, 5.74) is 16.8. The molecule has 0 bridgehead atoms. The Morgan fingerprint density at radius 2 is 0.800 bits per heavy atom. The van der Waals surface area contributed by atoms with Gasteiger partial charge in [-0.3, -0.25) is 0 Å². The average Bonchev–Trinajstić information content (AvgIpc) is 2.45. The molecule has 6 N–H and O–H groups in total. The van der Waals surface area contributed by atoms with Gasteiger partial charge in [-0.2, -0.15) is 0 Å². The minimum absolute atomic E-state index is 0.664. The molecule has 0 heterocycles. The Kier molecular flexibility index (Phi) is 14.1. The van der Waals surface area contributed by atoms with Crippen LogP contribution >= 0.6 is 0 Å². The van der Waals surface area contributed by atoms with Crippen molar-refractivity contribution in [3.05, 3.63) is 0 Å². The Balaban J connectivity index is 3.98. The number of rotatable bonds is 15. The summed E-state index contributed by atoms with van der Waals surface area (Å²) in [6.07, 6.45) is 15.9. The Hall–Kier alpha value is 0.0969. The van der Waals surface area contributed by atoms with Crippen molar-refractivity contribution in [2.45, 2.75) is 82.1 Å². The van der Waals surface area contributed by atoms with Crippen LogP contribution in [0.2, 0.25) is 5.04 Å². The third kappa shape index (κ3) is 11.9. The molecule has 0 aliphatic heterocycles. The second kappa shape index (κ2) is 14.1. The largest absolute Gasteiger partial charge is 0.330 e.